The van der Waals surface area contributed by atoms with Crippen molar-refractivity contribution < 1.29 is 9.90 Å². The average Bonchev–Trinajstić information content (AvgIpc) is 2.92. The van der Waals surface area contributed by atoms with Gasteiger partial charge in [-0.1, -0.05) is 28.1 Å². The van der Waals surface area contributed by atoms with Crippen molar-refractivity contribution in [3.63, 3.8) is 0 Å². The van der Waals surface area contributed by atoms with Gasteiger partial charge in [0.2, 0.25) is 5.91 Å². The van der Waals surface area contributed by atoms with Crippen LogP contribution in [-0.2, 0) is 4.79 Å². The number of carbonyl (C=O) groups is 1. The Balaban J connectivity index is 1.94. The second kappa shape index (κ2) is 7.60. The number of aliphatic hydroxyl groups is 1. The van der Waals surface area contributed by atoms with Crippen molar-refractivity contribution in [1.29, 1.82) is 0 Å². The van der Waals surface area contributed by atoms with Crippen LogP contribution < -0.4 is 0 Å². The first-order valence-electron chi connectivity index (χ1n) is 7.06. The molecule has 1 N–H and O–H groups in total. The molecule has 0 aromatic heterocycles. The lowest BCUT2D eigenvalue weighted by Crippen LogP contribution is -2.34. The molecule has 1 aliphatic rings. The van der Waals surface area contributed by atoms with Crippen LogP contribution in [0.15, 0.2) is 34.8 Å². The molecule has 1 aromatic carbocycles. The maximum atomic E-state index is 12.2. The van der Waals surface area contributed by atoms with Crippen LogP contribution in [0.25, 0.3) is 6.08 Å². The van der Waals surface area contributed by atoms with E-state index in [0.29, 0.717) is 6.04 Å². The van der Waals surface area contributed by atoms with Crippen LogP contribution in [0, 0.1) is 0 Å². The number of aliphatic hydroxyl groups excluding tert-OH is 1. The molecule has 0 radical (unpaired) electrons. The summed E-state index contributed by atoms with van der Waals surface area (Å²) in [6, 6.07) is 8.17. The highest BCUT2D eigenvalue weighted by atomic mass is 79.9. The van der Waals surface area contributed by atoms with Crippen LogP contribution in [0.5, 0.6) is 0 Å². The predicted octanol–water partition coefficient (Wildman–Crippen LogP) is 3.23. The van der Waals surface area contributed by atoms with Gasteiger partial charge in [-0.3, -0.25) is 4.79 Å². The van der Waals surface area contributed by atoms with Gasteiger partial charge in [-0.2, -0.15) is 0 Å². The fraction of sp³-hybridized carbons (Fsp3) is 0.438. The van der Waals surface area contributed by atoms with E-state index in [1.54, 1.807) is 6.08 Å². The third kappa shape index (κ3) is 4.18. The number of carbonyl (C=O) groups excluding carboxylic acids is 1. The second-order valence-corrected chi connectivity index (χ2v) is 5.99. The largest absolute Gasteiger partial charge is 0.396 e. The molecule has 1 amide bonds. The zero-order valence-electron chi connectivity index (χ0n) is 11.5. The summed E-state index contributed by atoms with van der Waals surface area (Å²) < 4.78 is 1.03. The predicted molar refractivity (Wildman–Crippen MR) is 84.2 cm³/mol. The zero-order valence-corrected chi connectivity index (χ0v) is 13.1. The smallest absolute Gasteiger partial charge is 0.246 e. The van der Waals surface area contributed by atoms with Crippen LogP contribution in [0.4, 0.5) is 0 Å². The SMILES string of the molecule is O=C(C=Cc1ccc(Br)cc1)N1CCCC1CCCO. The highest BCUT2D eigenvalue weighted by molar-refractivity contribution is 9.10. The monoisotopic (exact) mass is 337 g/mol. The summed E-state index contributed by atoms with van der Waals surface area (Å²) in [6.45, 7) is 1.03. The molecule has 1 saturated heterocycles. The third-order valence-corrected chi connectivity index (χ3v) is 4.17. The van der Waals surface area contributed by atoms with E-state index in [4.69, 9.17) is 5.11 Å². The second-order valence-electron chi connectivity index (χ2n) is 5.08. The van der Waals surface area contributed by atoms with Gasteiger partial charge < -0.3 is 10.0 Å². The molecule has 0 spiro atoms. The van der Waals surface area contributed by atoms with Crippen LogP contribution in [0.1, 0.15) is 31.2 Å². The normalized spacial score (nSPS) is 18.9. The van der Waals surface area contributed by atoms with E-state index in [-0.39, 0.29) is 12.5 Å². The van der Waals surface area contributed by atoms with Gasteiger partial charge >= 0.3 is 0 Å². The Morgan fingerprint density at radius 3 is 2.85 bits per heavy atom. The number of benzene rings is 1. The lowest BCUT2D eigenvalue weighted by Gasteiger charge is -2.23. The van der Waals surface area contributed by atoms with Crippen molar-refractivity contribution in [2.45, 2.75) is 31.7 Å². The molecule has 4 heteroatoms. The third-order valence-electron chi connectivity index (χ3n) is 3.64. The number of hydrogen-bond acceptors (Lipinski definition) is 2. The number of amides is 1. The quantitative estimate of drug-likeness (QED) is 0.838. The fourth-order valence-corrected chi connectivity index (χ4v) is 2.85. The number of likely N-dealkylation sites (tertiary alicyclic amines) is 1. The van der Waals surface area contributed by atoms with Crippen molar-refractivity contribution in [3.8, 4) is 0 Å². The minimum atomic E-state index is 0.0772. The molecule has 20 heavy (non-hydrogen) atoms. The molecule has 0 aliphatic carbocycles. The first-order chi connectivity index (χ1) is 9.70. The number of rotatable bonds is 5. The Bertz CT molecular complexity index is 470. The van der Waals surface area contributed by atoms with Gasteiger partial charge in [0, 0.05) is 29.7 Å². The summed E-state index contributed by atoms with van der Waals surface area (Å²) >= 11 is 3.39. The molecule has 2 rings (SSSR count). The minimum Gasteiger partial charge on any atom is -0.396 e. The molecule has 1 aliphatic heterocycles. The van der Waals surface area contributed by atoms with Crippen LogP contribution >= 0.6 is 15.9 Å². The first-order valence-corrected chi connectivity index (χ1v) is 7.85. The summed E-state index contributed by atoms with van der Waals surface area (Å²) in [5.41, 5.74) is 1.02. The van der Waals surface area contributed by atoms with Crippen molar-refractivity contribution >= 4 is 27.9 Å². The zero-order chi connectivity index (χ0) is 14.4. The Kier molecular flexibility index (Phi) is 5.80. The van der Waals surface area contributed by atoms with Gasteiger partial charge in [0.25, 0.3) is 0 Å². The molecule has 1 heterocycles. The molecule has 0 bridgehead atoms. The van der Waals surface area contributed by atoms with Crippen molar-refractivity contribution in [2.24, 2.45) is 0 Å². The Hall–Kier alpha value is -1.13. The Labute approximate surface area is 128 Å². The van der Waals surface area contributed by atoms with E-state index in [0.717, 1.165) is 42.3 Å². The molecule has 1 unspecified atom stereocenters. The van der Waals surface area contributed by atoms with E-state index in [1.165, 1.54) is 0 Å². The van der Waals surface area contributed by atoms with E-state index in [9.17, 15) is 4.79 Å². The Morgan fingerprint density at radius 1 is 1.40 bits per heavy atom. The summed E-state index contributed by atoms with van der Waals surface area (Å²) in [6.07, 6.45) is 7.29. The summed E-state index contributed by atoms with van der Waals surface area (Å²) in [4.78, 5) is 14.2. The van der Waals surface area contributed by atoms with Gasteiger partial charge in [-0.25, -0.2) is 0 Å². The summed E-state index contributed by atoms with van der Waals surface area (Å²) in [5.74, 6) is 0.0772. The number of hydrogen-bond donors (Lipinski definition) is 1. The van der Waals surface area contributed by atoms with E-state index < -0.39 is 0 Å². The number of nitrogens with zero attached hydrogens (tertiary/aromatic N) is 1. The molecule has 1 fully saturated rings. The lowest BCUT2D eigenvalue weighted by molar-refractivity contribution is -0.126. The van der Waals surface area contributed by atoms with Crippen molar-refractivity contribution in [1.82, 2.24) is 4.90 Å². The van der Waals surface area contributed by atoms with E-state index in [1.807, 2.05) is 35.2 Å². The molecule has 0 saturated carbocycles. The minimum absolute atomic E-state index is 0.0772. The van der Waals surface area contributed by atoms with Crippen LogP contribution in [-0.4, -0.2) is 35.1 Å². The highest BCUT2D eigenvalue weighted by Gasteiger charge is 2.26. The van der Waals surface area contributed by atoms with E-state index in [2.05, 4.69) is 15.9 Å². The standard InChI is InChI=1S/C16H20BrNO2/c17-14-8-5-13(6-9-14)7-10-16(20)18-11-1-3-15(18)4-2-12-19/h5-10,15,19H,1-4,11-12H2. The van der Waals surface area contributed by atoms with E-state index >= 15 is 0 Å². The highest BCUT2D eigenvalue weighted by Crippen LogP contribution is 2.22. The number of halogens is 1. The molecule has 1 aromatic rings. The maximum absolute atomic E-state index is 12.2. The first kappa shape index (κ1) is 15.3. The topological polar surface area (TPSA) is 40.5 Å². The molecular formula is C16H20BrNO2. The van der Waals surface area contributed by atoms with Gasteiger partial charge in [0.15, 0.2) is 0 Å². The van der Waals surface area contributed by atoms with Crippen LogP contribution in [0.2, 0.25) is 0 Å². The average molecular weight is 338 g/mol. The molecular weight excluding hydrogens is 318 g/mol. The van der Waals surface area contributed by atoms with Crippen molar-refractivity contribution in [3.05, 3.63) is 40.4 Å². The summed E-state index contributed by atoms with van der Waals surface area (Å²) in [5, 5.41) is 8.90. The van der Waals surface area contributed by atoms with Gasteiger partial charge in [0.1, 0.15) is 0 Å². The van der Waals surface area contributed by atoms with Gasteiger partial charge in [0.05, 0.1) is 0 Å². The Morgan fingerprint density at radius 2 is 2.15 bits per heavy atom. The summed E-state index contributed by atoms with van der Waals surface area (Å²) in [7, 11) is 0. The fourth-order valence-electron chi connectivity index (χ4n) is 2.59. The van der Waals surface area contributed by atoms with Gasteiger partial charge in [-0.15, -0.1) is 0 Å². The molecule has 3 nitrogen and oxygen atoms in total. The van der Waals surface area contributed by atoms with Gasteiger partial charge in [-0.05, 0) is 49.5 Å². The lowest BCUT2D eigenvalue weighted by atomic mass is 10.1. The molecule has 108 valence electrons. The van der Waals surface area contributed by atoms with Crippen LogP contribution in [0.3, 0.4) is 0 Å². The maximum Gasteiger partial charge on any atom is 0.246 e. The van der Waals surface area contributed by atoms with Crippen molar-refractivity contribution in [2.75, 3.05) is 13.2 Å². The molecule has 1 atom stereocenters.